The molecule has 9 heteroatoms. The topological polar surface area (TPSA) is 124 Å². The van der Waals surface area contributed by atoms with Crippen LogP contribution in [0.5, 0.6) is 0 Å². The third-order valence-electron chi connectivity index (χ3n) is 4.25. The molecule has 0 bridgehead atoms. The van der Waals surface area contributed by atoms with Crippen LogP contribution in [0.1, 0.15) is 26.7 Å². The van der Waals surface area contributed by atoms with Gasteiger partial charge in [0.05, 0.1) is 18.5 Å². The summed E-state index contributed by atoms with van der Waals surface area (Å²) < 4.78 is 0. The van der Waals surface area contributed by atoms with Gasteiger partial charge in [-0.05, 0) is 32.4 Å². The number of carbonyl (C=O) groups is 4. The first-order valence-electron chi connectivity index (χ1n) is 8.60. The van der Waals surface area contributed by atoms with E-state index in [2.05, 4.69) is 18.7 Å². The summed E-state index contributed by atoms with van der Waals surface area (Å²) in [5, 5.41) is 18.8. The van der Waals surface area contributed by atoms with Gasteiger partial charge >= 0.3 is 0 Å². The molecule has 0 aliphatic carbocycles. The second kappa shape index (κ2) is 10.5. The van der Waals surface area contributed by atoms with Gasteiger partial charge in [-0.2, -0.15) is 0 Å². The van der Waals surface area contributed by atoms with Crippen LogP contribution in [0.15, 0.2) is 12.2 Å². The normalized spacial score (nSPS) is 18.2. The summed E-state index contributed by atoms with van der Waals surface area (Å²) >= 11 is 0. The lowest BCUT2D eigenvalue weighted by Crippen LogP contribution is -2.52. The Morgan fingerprint density at radius 1 is 1.00 bits per heavy atom. The van der Waals surface area contributed by atoms with Crippen LogP contribution in [0, 0.1) is 0 Å². The maximum Gasteiger partial charge on any atom is 0.242 e. The van der Waals surface area contributed by atoms with Crippen LogP contribution in [-0.4, -0.2) is 83.8 Å². The lowest BCUT2D eigenvalue weighted by atomic mass is 10.2. The lowest BCUT2D eigenvalue weighted by Gasteiger charge is -2.37. The Balaban J connectivity index is 0.000000359. The SMILES string of the molecule is CC(C)N1CCN(C(=O)CN2CCCC2=O)CC1.O=C([O-])/C=C\C(=O)[O-]. The van der Waals surface area contributed by atoms with E-state index in [1.165, 1.54) is 0 Å². The monoisotopic (exact) mass is 367 g/mol. The van der Waals surface area contributed by atoms with Gasteiger partial charge in [0.25, 0.3) is 0 Å². The number of piperazine rings is 1. The van der Waals surface area contributed by atoms with Crippen LogP contribution in [0.4, 0.5) is 0 Å². The molecule has 2 amide bonds. The number of likely N-dealkylation sites (tertiary alicyclic amines) is 1. The van der Waals surface area contributed by atoms with Crippen molar-refractivity contribution in [3.63, 3.8) is 0 Å². The number of carboxylic acids is 2. The van der Waals surface area contributed by atoms with Gasteiger partial charge in [0.2, 0.25) is 11.8 Å². The number of aliphatic carboxylic acids is 2. The van der Waals surface area contributed by atoms with Crippen LogP contribution >= 0.6 is 0 Å². The first kappa shape index (κ1) is 21.6. The molecule has 0 radical (unpaired) electrons. The predicted molar refractivity (Wildman–Crippen MR) is 88.3 cm³/mol. The Hall–Kier alpha value is -2.42. The Morgan fingerprint density at radius 2 is 1.54 bits per heavy atom. The van der Waals surface area contributed by atoms with E-state index in [9.17, 15) is 29.4 Å². The van der Waals surface area contributed by atoms with Crippen molar-refractivity contribution in [3.8, 4) is 0 Å². The first-order chi connectivity index (χ1) is 12.2. The molecule has 9 nitrogen and oxygen atoms in total. The summed E-state index contributed by atoms with van der Waals surface area (Å²) in [4.78, 5) is 48.4. The molecule has 26 heavy (non-hydrogen) atoms. The molecule has 146 valence electrons. The highest BCUT2D eigenvalue weighted by molar-refractivity contribution is 5.87. The highest BCUT2D eigenvalue weighted by Gasteiger charge is 2.27. The summed E-state index contributed by atoms with van der Waals surface area (Å²) in [6, 6.07) is 0.544. The largest absolute Gasteiger partial charge is 0.545 e. The molecule has 0 aromatic carbocycles. The zero-order valence-corrected chi connectivity index (χ0v) is 15.2. The maximum atomic E-state index is 12.1. The summed E-state index contributed by atoms with van der Waals surface area (Å²) in [6.07, 6.45) is 2.27. The van der Waals surface area contributed by atoms with Gasteiger partial charge in [-0.15, -0.1) is 0 Å². The number of carbonyl (C=O) groups excluding carboxylic acids is 4. The third-order valence-corrected chi connectivity index (χ3v) is 4.25. The summed E-state index contributed by atoms with van der Waals surface area (Å²) in [7, 11) is 0. The molecule has 2 heterocycles. The maximum absolute atomic E-state index is 12.1. The van der Waals surface area contributed by atoms with E-state index in [0.29, 0.717) is 24.6 Å². The average Bonchev–Trinajstić information content (AvgIpc) is 2.98. The van der Waals surface area contributed by atoms with E-state index >= 15 is 0 Å². The first-order valence-corrected chi connectivity index (χ1v) is 8.60. The number of carboxylic acid groups (broad SMARTS) is 2. The molecule has 0 atom stereocenters. The summed E-state index contributed by atoms with van der Waals surface area (Å²) in [5.41, 5.74) is 0. The second-order valence-corrected chi connectivity index (χ2v) is 6.40. The molecular weight excluding hydrogens is 342 g/mol. The second-order valence-electron chi connectivity index (χ2n) is 6.40. The fraction of sp³-hybridized carbons (Fsp3) is 0.647. The van der Waals surface area contributed by atoms with Crippen LogP contribution in [0.3, 0.4) is 0 Å². The lowest BCUT2D eigenvalue weighted by molar-refractivity contribution is -0.301. The van der Waals surface area contributed by atoms with Gasteiger partial charge in [0.15, 0.2) is 0 Å². The molecule has 0 spiro atoms. The number of hydrogen-bond donors (Lipinski definition) is 0. The van der Waals surface area contributed by atoms with E-state index in [-0.39, 0.29) is 18.4 Å². The Kier molecular flexibility index (Phi) is 8.77. The predicted octanol–water partition coefficient (Wildman–Crippen LogP) is -2.80. The van der Waals surface area contributed by atoms with Crippen LogP contribution < -0.4 is 10.2 Å². The Bertz CT molecular complexity index is 537. The molecule has 2 aliphatic rings. The molecule has 2 aliphatic heterocycles. The third kappa shape index (κ3) is 7.64. The van der Waals surface area contributed by atoms with E-state index in [1.54, 1.807) is 4.90 Å². The van der Waals surface area contributed by atoms with Crippen LogP contribution in [-0.2, 0) is 19.2 Å². The van der Waals surface area contributed by atoms with Gasteiger partial charge < -0.3 is 29.6 Å². The Morgan fingerprint density at radius 3 is 1.92 bits per heavy atom. The van der Waals surface area contributed by atoms with Crippen LogP contribution in [0.25, 0.3) is 0 Å². The van der Waals surface area contributed by atoms with Crippen molar-refractivity contribution in [1.29, 1.82) is 0 Å². The minimum absolute atomic E-state index is 0.105. The minimum Gasteiger partial charge on any atom is -0.545 e. The summed E-state index contributed by atoms with van der Waals surface area (Å²) in [6.45, 7) is 8.85. The molecule has 0 aromatic rings. The highest BCUT2D eigenvalue weighted by atomic mass is 16.4. The molecule has 0 N–H and O–H groups in total. The molecule has 0 aromatic heterocycles. The van der Waals surface area contributed by atoms with E-state index in [4.69, 9.17) is 0 Å². The van der Waals surface area contributed by atoms with Gasteiger partial charge in [0.1, 0.15) is 0 Å². The molecule has 0 unspecified atom stereocenters. The zero-order chi connectivity index (χ0) is 19.7. The molecule has 2 rings (SSSR count). The van der Waals surface area contributed by atoms with Crippen molar-refractivity contribution in [2.75, 3.05) is 39.3 Å². The molecule has 2 saturated heterocycles. The van der Waals surface area contributed by atoms with E-state index in [0.717, 1.165) is 39.1 Å². The smallest absolute Gasteiger partial charge is 0.242 e. The van der Waals surface area contributed by atoms with Gasteiger partial charge in [-0.25, -0.2) is 0 Å². The number of nitrogens with zero attached hydrogens (tertiary/aromatic N) is 3. The van der Waals surface area contributed by atoms with Gasteiger partial charge in [-0.3, -0.25) is 14.5 Å². The van der Waals surface area contributed by atoms with Gasteiger partial charge in [-0.1, -0.05) is 0 Å². The number of amides is 2. The van der Waals surface area contributed by atoms with E-state index in [1.807, 2.05) is 4.90 Å². The van der Waals surface area contributed by atoms with Crippen molar-refractivity contribution >= 4 is 23.8 Å². The minimum atomic E-state index is -1.55. The van der Waals surface area contributed by atoms with Crippen molar-refractivity contribution < 1.29 is 29.4 Å². The van der Waals surface area contributed by atoms with Crippen LogP contribution in [0.2, 0.25) is 0 Å². The highest BCUT2D eigenvalue weighted by Crippen LogP contribution is 2.11. The van der Waals surface area contributed by atoms with Crippen molar-refractivity contribution in [1.82, 2.24) is 14.7 Å². The van der Waals surface area contributed by atoms with Crippen molar-refractivity contribution in [2.24, 2.45) is 0 Å². The standard InChI is InChI=1S/C13H23N3O2.C4H4O4/c1-11(2)14-6-8-15(9-7-14)13(18)10-16-5-3-4-12(16)17;5-3(6)1-2-4(7)8/h11H,3-10H2,1-2H3;1-2H,(H,5,6)(H,7,8)/p-2/b;2-1-. The van der Waals surface area contributed by atoms with E-state index < -0.39 is 11.9 Å². The number of rotatable bonds is 5. The fourth-order valence-electron chi connectivity index (χ4n) is 2.76. The summed E-state index contributed by atoms with van der Waals surface area (Å²) in [5.74, 6) is -2.86. The Labute approximate surface area is 152 Å². The average molecular weight is 367 g/mol. The molecule has 2 fully saturated rings. The quantitative estimate of drug-likeness (QED) is 0.481. The molecule has 0 saturated carbocycles. The molecular formula is C17H25N3O6-2. The number of hydrogen-bond acceptors (Lipinski definition) is 7. The van der Waals surface area contributed by atoms with Crippen molar-refractivity contribution in [3.05, 3.63) is 12.2 Å². The fourth-order valence-corrected chi connectivity index (χ4v) is 2.76. The van der Waals surface area contributed by atoms with Gasteiger partial charge in [0, 0.05) is 45.2 Å². The zero-order valence-electron chi connectivity index (χ0n) is 15.2. The van der Waals surface area contributed by atoms with Crippen molar-refractivity contribution in [2.45, 2.75) is 32.7 Å².